The van der Waals surface area contributed by atoms with Crippen LogP contribution in [-0.2, 0) is 11.8 Å². The molecule has 7 aliphatic rings. The van der Waals surface area contributed by atoms with E-state index in [1.165, 1.54) is 12.1 Å². The number of β-amino-alcohol motifs (C(OH)–C–C–N with tert-alkyl or cyclic N) is 1. The highest BCUT2D eigenvalue weighted by molar-refractivity contribution is 6.10. The normalized spacial score (nSPS) is 38.3. The molecule has 9 unspecified atom stereocenters. The van der Waals surface area contributed by atoms with Gasteiger partial charge in [-0.05, 0) is 105 Å². The Morgan fingerprint density at radius 1 is 0.800 bits per heavy atom. The lowest BCUT2D eigenvalue weighted by molar-refractivity contribution is -0.178. The van der Waals surface area contributed by atoms with Crippen LogP contribution >= 0.6 is 0 Å². The van der Waals surface area contributed by atoms with Crippen molar-refractivity contribution in [2.75, 3.05) is 13.1 Å². The zero-order valence-corrected chi connectivity index (χ0v) is 31.7. The van der Waals surface area contributed by atoms with Gasteiger partial charge < -0.3 is 15.3 Å². The first-order chi connectivity index (χ1) is 26.1. The molecule has 3 aromatic rings. The molecule has 2 bridgehead atoms. The number of carbonyl (C=O) groups excluding carboxylic acids is 1. The Morgan fingerprint density at radius 2 is 1.42 bits per heavy atom. The molecular formula is C47H52F3NO4. The number of nitrogens with zero attached hydrogens (tertiary/aromatic N) is 1. The lowest BCUT2D eigenvalue weighted by Gasteiger charge is -2.71. The molecular weight excluding hydrogens is 700 g/mol. The maximum atomic E-state index is 14.9. The van der Waals surface area contributed by atoms with E-state index < -0.39 is 51.1 Å². The fraction of sp³-hybridized carbons (Fsp3) is 0.511. The molecule has 3 N–H and O–H groups in total. The number of rotatable bonds is 7. The van der Waals surface area contributed by atoms with Gasteiger partial charge in [-0.15, -0.1) is 0 Å². The molecule has 6 aliphatic carbocycles. The Hall–Kier alpha value is -3.56. The van der Waals surface area contributed by atoms with Crippen LogP contribution in [0.2, 0.25) is 0 Å². The van der Waals surface area contributed by atoms with E-state index in [-0.39, 0.29) is 28.9 Å². The molecule has 3 saturated carbocycles. The fourth-order valence-corrected chi connectivity index (χ4v) is 13.4. The number of carbonyl (C=O) groups is 1. The Kier molecular flexibility index (Phi) is 8.40. The number of likely N-dealkylation sites (tertiary alicyclic amines) is 1. The molecule has 9 atom stereocenters. The summed E-state index contributed by atoms with van der Waals surface area (Å²) in [5.41, 5.74) is -3.41. The highest BCUT2D eigenvalue weighted by Crippen LogP contribution is 2.78. The van der Waals surface area contributed by atoms with Crippen molar-refractivity contribution in [2.24, 2.45) is 33.5 Å². The van der Waals surface area contributed by atoms with Gasteiger partial charge in [-0.3, -0.25) is 9.69 Å². The smallest absolute Gasteiger partial charge is 0.393 e. The molecule has 8 heteroatoms. The minimum Gasteiger partial charge on any atom is -0.393 e. The number of aliphatic hydroxyl groups is 3. The van der Waals surface area contributed by atoms with Crippen LogP contribution in [0.5, 0.6) is 0 Å². The van der Waals surface area contributed by atoms with Gasteiger partial charge in [0.05, 0.1) is 17.3 Å². The predicted octanol–water partition coefficient (Wildman–Crippen LogP) is 8.88. The topological polar surface area (TPSA) is 81.0 Å². The van der Waals surface area contributed by atoms with Crippen molar-refractivity contribution in [1.82, 2.24) is 4.90 Å². The maximum absolute atomic E-state index is 14.9. The van der Waals surface area contributed by atoms with Crippen LogP contribution in [0.15, 0.2) is 109 Å². The number of halogens is 3. The van der Waals surface area contributed by atoms with Gasteiger partial charge in [0.25, 0.3) is 0 Å². The zero-order chi connectivity index (χ0) is 38.6. The van der Waals surface area contributed by atoms with Crippen LogP contribution in [0.1, 0.15) is 98.7 Å². The van der Waals surface area contributed by atoms with Gasteiger partial charge in [0.2, 0.25) is 0 Å². The number of Topliss-reactive ketones (excluding diaryl/α,β-unsaturated/α-hetero) is 1. The van der Waals surface area contributed by atoms with Crippen LogP contribution < -0.4 is 0 Å². The molecule has 10 rings (SSSR count). The number of alkyl halides is 3. The van der Waals surface area contributed by atoms with Gasteiger partial charge in [-0.25, -0.2) is 0 Å². The molecule has 0 radical (unpaired) electrons. The number of ketones is 1. The number of aliphatic hydroxyl groups excluding tert-OH is 1. The molecule has 3 aromatic carbocycles. The SMILES string of the molecule is CC12CCC(O)CC13C=CC1(C(C(=O)c4cccc(C(F)(F)F)c4)=C3)C2CCC2(C)C1CCC2(O)CN1CCCC1C(O)(c1ccccc1)c1ccccc1. The number of fused-ring (bicyclic) bond motifs is 1. The molecule has 1 saturated heterocycles. The van der Waals surface area contributed by atoms with Crippen molar-refractivity contribution < 1.29 is 33.3 Å². The second-order valence-corrected chi connectivity index (χ2v) is 18.3. The zero-order valence-electron chi connectivity index (χ0n) is 31.7. The van der Waals surface area contributed by atoms with Gasteiger partial charge in [0, 0.05) is 40.0 Å². The summed E-state index contributed by atoms with van der Waals surface area (Å²) in [6.07, 6.45) is 7.57. The summed E-state index contributed by atoms with van der Waals surface area (Å²) in [5.74, 6) is -0.517. The number of benzene rings is 3. The first-order valence-corrected chi connectivity index (χ1v) is 20.3. The van der Waals surface area contributed by atoms with Crippen molar-refractivity contribution >= 4 is 5.78 Å². The maximum Gasteiger partial charge on any atom is 0.416 e. The van der Waals surface area contributed by atoms with Gasteiger partial charge in [0.1, 0.15) is 5.60 Å². The van der Waals surface area contributed by atoms with E-state index in [0.29, 0.717) is 37.8 Å². The van der Waals surface area contributed by atoms with E-state index in [0.717, 1.165) is 61.9 Å². The average molecular weight is 752 g/mol. The molecule has 55 heavy (non-hydrogen) atoms. The predicted molar refractivity (Wildman–Crippen MR) is 205 cm³/mol. The summed E-state index contributed by atoms with van der Waals surface area (Å²) in [6.45, 7) is 5.58. The van der Waals surface area contributed by atoms with Gasteiger partial charge in [0.15, 0.2) is 5.78 Å². The van der Waals surface area contributed by atoms with Crippen LogP contribution in [0.4, 0.5) is 13.2 Å². The monoisotopic (exact) mass is 751 g/mol. The number of hydrogen-bond donors (Lipinski definition) is 3. The van der Waals surface area contributed by atoms with E-state index in [2.05, 4.69) is 30.9 Å². The summed E-state index contributed by atoms with van der Waals surface area (Å²) >= 11 is 0. The van der Waals surface area contributed by atoms with Crippen LogP contribution in [0.3, 0.4) is 0 Å². The minimum atomic E-state index is -4.59. The third kappa shape index (κ3) is 5.09. The quantitative estimate of drug-likeness (QED) is 0.166. The second kappa shape index (κ2) is 12.5. The summed E-state index contributed by atoms with van der Waals surface area (Å²) < 4.78 is 41.9. The van der Waals surface area contributed by atoms with Crippen molar-refractivity contribution in [3.05, 3.63) is 131 Å². The van der Waals surface area contributed by atoms with Crippen molar-refractivity contribution in [1.29, 1.82) is 0 Å². The molecule has 4 fully saturated rings. The van der Waals surface area contributed by atoms with Gasteiger partial charge >= 0.3 is 6.18 Å². The number of hydrogen-bond acceptors (Lipinski definition) is 5. The largest absolute Gasteiger partial charge is 0.416 e. The Labute approximate surface area is 322 Å². The first kappa shape index (κ1) is 37.0. The van der Waals surface area contributed by atoms with Crippen LogP contribution in [0.25, 0.3) is 0 Å². The van der Waals surface area contributed by atoms with E-state index in [4.69, 9.17) is 0 Å². The third-order valence-electron chi connectivity index (χ3n) is 16.1. The summed E-state index contributed by atoms with van der Waals surface area (Å²) in [4.78, 5) is 17.2. The van der Waals surface area contributed by atoms with Gasteiger partial charge in [-0.2, -0.15) is 13.2 Å². The first-order valence-electron chi connectivity index (χ1n) is 20.3. The molecule has 1 heterocycles. The van der Waals surface area contributed by atoms with E-state index in [1.54, 1.807) is 0 Å². The summed E-state index contributed by atoms with van der Waals surface area (Å²) in [5, 5.41) is 37.1. The van der Waals surface area contributed by atoms with Crippen molar-refractivity contribution in [3.8, 4) is 0 Å². The summed E-state index contributed by atoms with van der Waals surface area (Å²) in [6, 6.07) is 24.1. The fourth-order valence-electron chi connectivity index (χ4n) is 13.4. The van der Waals surface area contributed by atoms with Crippen molar-refractivity contribution in [2.45, 2.75) is 101 Å². The molecule has 0 aromatic heterocycles. The van der Waals surface area contributed by atoms with Crippen LogP contribution in [-0.4, -0.2) is 56.8 Å². The van der Waals surface area contributed by atoms with Gasteiger partial charge in [-0.1, -0.05) is 105 Å². The Balaban J connectivity index is 1.12. The Bertz CT molecular complexity index is 2010. The summed E-state index contributed by atoms with van der Waals surface area (Å²) in [7, 11) is 0. The minimum absolute atomic E-state index is 0.0196. The van der Waals surface area contributed by atoms with E-state index >= 15 is 0 Å². The van der Waals surface area contributed by atoms with E-state index in [1.807, 2.05) is 66.7 Å². The second-order valence-electron chi connectivity index (χ2n) is 18.3. The highest BCUT2D eigenvalue weighted by atomic mass is 19.4. The average Bonchev–Trinajstić information content (AvgIpc) is 3.75. The number of allylic oxidation sites excluding steroid dienone is 4. The lowest BCUT2D eigenvalue weighted by Crippen LogP contribution is -2.67. The molecule has 0 amide bonds. The third-order valence-corrected chi connectivity index (χ3v) is 16.1. The molecule has 2 spiro atoms. The standard InChI is InChI=1S/C47H52F3NO4/c1-41-21-18-35(52)28-43(41)24-25-45(36(29-43)40(53)31-11-9-16-34(27-31)47(48,49)50)37(41)19-22-42(2)38(45)20-23-44(42,54)30-51-26-10-17-39(51)46(55,32-12-5-3-6-13-32)33-14-7-4-8-15-33/h3-9,11-16,24-25,27,29,35,37-39,52,54-55H,10,17-23,26,28,30H2,1-2H3. The highest BCUT2D eigenvalue weighted by Gasteiger charge is 2.74. The lowest BCUT2D eigenvalue weighted by atomic mass is 9.32. The molecule has 290 valence electrons. The van der Waals surface area contributed by atoms with Crippen molar-refractivity contribution in [3.63, 3.8) is 0 Å². The van der Waals surface area contributed by atoms with Crippen LogP contribution in [0, 0.1) is 33.5 Å². The van der Waals surface area contributed by atoms with E-state index in [9.17, 15) is 33.3 Å². The molecule has 5 nitrogen and oxygen atoms in total. The Morgan fingerprint density at radius 3 is 2.09 bits per heavy atom. The molecule has 1 aliphatic heterocycles.